The van der Waals surface area contributed by atoms with E-state index in [2.05, 4.69) is 10.6 Å². The molecule has 1 fully saturated rings. The Balaban J connectivity index is 2.05. The highest BCUT2D eigenvalue weighted by Gasteiger charge is 2.52. The Morgan fingerprint density at radius 3 is 1.61 bits per heavy atom. The minimum atomic E-state index is -2.19. The van der Waals surface area contributed by atoms with E-state index in [9.17, 15) is 43.2 Å². The Labute approximate surface area is 356 Å². The number of amides is 2. The minimum absolute atomic E-state index is 0.125. The van der Waals surface area contributed by atoms with Gasteiger partial charge in [0.2, 0.25) is 6.10 Å². The molecule has 9 atom stereocenters. The van der Waals surface area contributed by atoms with Crippen molar-refractivity contribution >= 4 is 53.8 Å². The fourth-order valence-electron chi connectivity index (χ4n) is 6.08. The molecule has 1 aliphatic rings. The quantitative estimate of drug-likeness (QED) is 0.141. The summed E-state index contributed by atoms with van der Waals surface area (Å²) < 4.78 is 55.2. The topological polar surface area (TPSA) is 270 Å². The Kier molecular flexibility index (Phi) is 19.7. The van der Waals surface area contributed by atoms with Crippen molar-refractivity contribution in [3.8, 4) is 0 Å². The van der Waals surface area contributed by atoms with Crippen LogP contribution in [0.2, 0.25) is 0 Å². The molecule has 0 bridgehead atoms. The molecular formula is C41H50N2O19. The van der Waals surface area contributed by atoms with Gasteiger partial charge < -0.3 is 58.0 Å². The van der Waals surface area contributed by atoms with Gasteiger partial charge in [-0.05, 0) is 11.1 Å². The Hall–Kier alpha value is -6.61. The van der Waals surface area contributed by atoms with E-state index in [-0.39, 0.29) is 13.2 Å². The Morgan fingerprint density at radius 1 is 0.581 bits per heavy atom. The molecule has 2 amide bonds. The molecule has 2 aromatic rings. The number of ether oxygens (including phenoxy) is 10. The zero-order valence-corrected chi connectivity index (χ0v) is 35.1. The molecule has 1 heterocycles. The molecule has 0 spiro atoms. The van der Waals surface area contributed by atoms with Gasteiger partial charge in [-0.15, -0.1) is 0 Å². The first-order chi connectivity index (χ1) is 29.3. The molecule has 3 rings (SSSR count). The fourth-order valence-corrected chi connectivity index (χ4v) is 6.08. The number of rotatable bonds is 20. The third-order valence-corrected chi connectivity index (χ3v) is 8.39. The molecule has 0 radical (unpaired) electrons. The normalized spacial score (nSPS) is 20.0. The van der Waals surface area contributed by atoms with Crippen LogP contribution in [0, 0.1) is 0 Å². The van der Waals surface area contributed by atoms with Gasteiger partial charge in [0.1, 0.15) is 25.4 Å². The summed E-state index contributed by atoms with van der Waals surface area (Å²) in [7, 11) is 0. The second kappa shape index (κ2) is 24.6. The van der Waals surface area contributed by atoms with E-state index in [4.69, 9.17) is 47.4 Å². The van der Waals surface area contributed by atoms with E-state index in [0.717, 1.165) is 48.5 Å². The van der Waals surface area contributed by atoms with Crippen LogP contribution in [-0.2, 0) is 98.9 Å². The molecular weight excluding hydrogens is 824 g/mol. The van der Waals surface area contributed by atoms with Gasteiger partial charge in [0.25, 0.3) is 5.91 Å². The standard InChI is InChI=1S/C41H50N2O19/c1-22(44)53-21-32(56-23(2)45)35(58-25(4)47)37(60-27(6)49)38(61-28(7)50)39(51)42-18-31-34(57-24(3)46)36(59-26(5)48)33(40(62-31)54-19-29-14-10-8-11-15-29)43-41(52)55-20-30-16-12-9-13-17-30/h8-17,31-38,40H,18-21H2,1-7H3,(H,42,51)(H,43,52)/t31-,32-,33-,34-,35+,36-,37-,38-,40+/m1/s1. The lowest BCUT2D eigenvalue weighted by Gasteiger charge is -2.45. The summed E-state index contributed by atoms with van der Waals surface area (Å²) in [4.78, 5) is 114. The van der Waals surface area contributed by atoms with Crippen molar-refractivity contribution < 1.29 is 90.5 Å². The third-order valence-electron chi connectivity index (χ3n) is 8.39. The van der Waals surface area contributed by atoms with Crippen molar-refractivity contribution in [1.29, 1.82) is 0 Å². The van der Waals surface area contributed by atoms with Crippen LogP contribution < -0.4 is 10.6 Å². The van der Waals surface area contributed by atoms with Crippen LogP contribution in [0.25, 0.3) is 0 Å². The van der Waals surface area contributed by atoms with Crippen LogP contribution in [0.5, 0.6) is 0 Å². The summed E-state index contributed by atoms with van der Waals surface area (Å²) in [5, 5.41) is 5.03. The SMILES string of the molecule is CC(=O)OC[C@@H](OC(C)=O)[C@H](OC(C)=O)[C@@H](OC(C)=O)[C@@H](OC(C)=O)C(=O)NC[C@H]1O[C@H](OCc2ccccc2)[C@H](NC(=O)OCc2ccccc2)[C@@H](OC(C)=O)[C@@H]1OC(C)=O. The summed E-state index contributed by atoms with van der Waals surface area (Å²) in [5.41, 5.74) is 1.30. The van der Waals surface area contributed by atoms with E-state index in [1.807, 2.05) is 0 Å². The molecule has 338 valence electrons. The Bertz CT molecular complexity index is 1880. The maximum atomic E-state index is 14.2. The van der Waals surface area contributed by atoms with Crippen LogP contribution in [0.1, 0.15) is 59.6 Å². The number of carbonyl (C=O) groups excluding carboxylic acids is 9. The van der Waals surface area contributed by atoms with Gasteiger partial charge in [-0.2, -0.15) is 0 Å². The van der Waals surface area contributed by atoms with Gasteiger partial charge in [0, 0.05) is 55.0 Å². The molecule has 1 aliphatic heterocycles. The van der Waals surface area contributed by atoms with Crippen LogP contribution in [0.3, 0.4) is 0 Å². The van der Waals surface area contributed by atoms with Crippen LogP contribution >= 0.6 is 0 Å². The van der Waals surface area contributed by atoms with Gasteiger partial charge in [-0.1, -0.05) is 60.7 Å². The second-order valence-electron chi connectivity index (χ2n) is 13.6. The lowest BCUT2D eigenvalue weighted by Crippen LogP contribution is -2.67. The van der Waals surface area contributed by atoms with E-state index in [1.54, 1.807) is 60.7 Å². The smallest absolute Gasteiger partial charge is 0.407 e. The van der Waals surface area contributed by atoms with Gasteiger partial charge in [-0.3, -0.25) is 38.4 Å². The summed E-state index contributed by atoms with van der Waals surface area (Å²) in [6.07, 6.45) is -15.0. The number of benzene rings is 2. The molecule has 1 saturated heterocycles. The number of hydrogen-bond donors (Lipinski definition) is 2. The van der Waals surface area contributed by atoms with Crippen LogP contribution in [0.4, 0.5) is 4.79 Å². The van der Waals surface area contributed by atoms with E-state index in [1.165, 1.54) is 0 Å². The number of carbonyl (C=O) groups is 9. The van der Waals surface area contributed by atoms with Crippen molar-refractivity contribution in [3.05, 3.63) is 71.8 Å². The van der Waals surface area contributed by atoms with E-state index in [0.29, 0.717) is 11.1 Å². The highest BCUT2D eigenvalue weighted by molar-refractivity contribution is 5.85. The molecule has 21 nitrogen and oxygen atoms in total. The first kappa shape index (κ1) is 49.8. The number of alkyl carbamates (subject to hydrolysis) is 1. The van der Waals surface area contributed by atoms with Crippen molar-refractivity contribution in [2.45, 2.75) is 117 Å². The number of hydrogen-bond acceptors (Lipinski definition) is 19. The van der Waals surface area contributed by atoms with Gasteiger partial charge in [0.15, 0.2) is 36.8 Å². The molecule has 62 heavy (non-hydrogen) atoms. The van der Waals surface area contributed by atoms with E-state index < -0.39 is 122 Å². The van der Waals surface area contributed by atoms with Gasteiger partial charge in [-0.25, -0.2) is 4.79 Å². The third kappa shape index (κ3) is 16.8. The molecule has 2 N–H and O–H groups in total. The molecule has 2 aromatic carbocycles. The number of nitrogens with one attached hydrogen (secondary N) is 2. The fraction of sp³-hybridized carbons (Fsp3) is 0.488. The zero-order valence-electron chi connectivity index (χ0n) is 35.1. The zero-order chi connectivity index (χ0) is 45.9. The Morgan fingerprint density at radius 2 is 1.10 bits per heavy atom. The van der Waals surface area contributed by atoms with Crippen molar-refractivity contribution in [3.63, 3.8) is 0 Å². The second-order valence-corrected chi connectivity index (χ2v) is 13.6. The largest absolute Gasteiger partial charge is 0.462 e. The number of esters is 7. The lowest BCUT2D eigenvalue weighted by molar-refractivity contribution is -0.273. The maximum absolute atomic E-state index is 14.2. The molecule has 21 heteroatoms. The first-order valence-corrected chi connectivity index (χ1v) is 19.1. The predicted octanol–water partition coefficient (Wildman–Crippen LogP) is 1.49. The average Bonchev–Trinajstić information content (AvgIpc) is 3.19. The van der Waals surface area contributed by atoms with Gasteiger partial charge in [0.05, 0.1) is 6.61 Å². The lowest BCUT2D eigenvalue weighted by atomic mass is 9.95. The summed E-state index contributed by atoms with van der Waals surface area (Å²) >= 11 is 0. The molecule has 0 aliphatic carbocycles. The van der Waals surface area contributed by atoms with Crippen LogP contribution in [0.15, 0.2) is 60.7 Å². The monoisotopic (exact) mass is 874 g/mol. The highest BCUT2D eigenvalue weighted by Crippen LogP contribution is 2.29. The van der Waals surface area contributed by atoms with Gasteiger partial charge >= 0.3 is 47.9 Å². The van der Waals surface area contributed by atoms with E-state index >= 15 is 0 Å². The van der Waals surface area contributed by atoms with Crippen molar-refractivity contribution in [2.75, 3.05) is 13.2 Å². The average molecular weight is 875 g/mol. The highest BCUT2D eigenvalue weighted by atomic mass is 16.7. The van der Waals surface area contributed by atoms with Crippen molar-refractivity contribution in [2.24, 2.45) is 0 Å². The molecule has 0 aromatic heterocycles. The summed E-state index contributed by atoms with van der Waals surface area (Å²) in [5.74, 6) is -8.06. The maximum Gasteiger partial charge on any atom is 0.407 e. The molecule has 0 unspecified atom stereocenters. The molecule has 0 saturated carbocycles. The van der Waals surface area contributed by atoms with Crippen LogP contribution in [-0.4, -0.2) is 122 Å². The minimum Gasteiger partial charge on any atom is -0.462 e. The summed E-state index contributed by atoms with van der Waals surface area (Å²) in [6, 6.07) is 16.0. The van der Waals surface area contributed by atoms with Crippen molar-refractivity contribution in [1.82, 2.24) is 10.6 Å². The predicted molar refractivity (Wildman–Crippen MR) is 206 cm³/mol. The first-order valence-electron chi connectivity index (χ1n) is 19.1. The summed E-state index contributed by atoms with van der Waals surface area (Å²) in [6.45, 7) is 5.16.